The summed E-state index contributed by atoms with van der Waals surface area (Å²) in [5.74, 6) is 0.787. The van der Waals surface area contributed by atoms with E-state index in [-0.39, 0.29) is 0 Å². The van der Waals surface area contributed by atoms with E-state index in [9.17, 15) is 4.79 Å². The molecule has 0 aliphatic carbocycles. The van der Waals surface area contributed by atoms with Crippen molar-refractivity contribution in [2.24, 2.45) is 0 Å². The highest BCUT2D eigenvalue weighted by Gasteiger charge is 2.22. The lowest BCUT2D eigenvalue weighted by Gasteiger charge is -2.09. The zero-order valence-corrected chi connectivity index (χ0v) is 17.4. The number of halogens is 3. The highest BCUT2D eigenvalue weighted by Crippen LogP contribution is 2.36. The van der Waals surface area contributed by atoms with Crippen molar-refractivity contribution in [3.05, 3.63) is 85.8 Å². The molecule has 0 atom stereocenters. The first-order chi connectivity index (χ1) is 12.5. The molecular weight excluding hydrogens is 483 g/mol. The third-order valence-corrected chi connectivity index (χ3v) is 4.97. The lowest BCUT2D eigenvalue weighted by Crippen LogP contribution is -1.98. The number of hydrogen-bond donors (Lipinski definition) is 0. The Bertz CT molecular complexity index is 908. The van der Waals surface area contributed by atoms with Crippen molar-refractivity contribution < 1.29 is 14.3 Å². The molecule has 0 aromatic heterocycles. The molecule has 0 unspecified atom stereocenters. The zero-order chi connectivity index (χ0) is 18.7. The van der Waals surface area contributed by atoms with Crippen LogP contribution >= 0.6 is 43.5 Å². The molecule has 1 heterocycles. The third kappa shape index (κ3) is 4.29. The minimum atomic E-state index is -0.394. The molecule has 0 bridgehead atoms. The Balaban J connectivity index is 1.90. The molecule has 0 amide bonds. The Morgan fingerprint density at radius 2 is 1.81 bits per heavy atom. The number of rotatable bonds is 5. The van der Waals surface area contributed by atoms with Gasteiger partial charge in [0, 0.05) is 10.6 Å². The Morgan fingerprint density at radius 1 is 1.15 bits per heavy atom. The average Bonchev–Trinajstić information content (AvgIpc) is 2.95. The summed E-state index contributed by atoms with van der Waals surface area (Å²) >= 11 is 12.9. The summed E-state index contributed by atoms with van der Waals surface area (Å²) < 4.78 is 12.5. The van der Waals surface area contributed by atoms with E-state index in [2.05, 4.69) is 38.4 Å². The Morgan fingerprint density at radius 3 is 2.42 bits per heavy atom. The molecule has 0 saturated carbocycles. The minimum Gasteiger partial charge on any atom is -0.487 e. The highest BCUT2D eigenvalue weighted by molar-refractivity contribution is 9.11. The second-order valence-corrected chi connectivity index (χ2v) is 7.56. The van der Waals surface area contributed by atoms with Crippen LogP contribution in [0.1, 0.15) is 11.1 Å². The van der Waals surface area contributed by atoms with Crippen LogP contribution in [0, 0.1) is 0 Å². The van der Waals surface area contributed by atoms with Crippen LogP contribution in [-0.4, -0.2) is 12.6 Å². The van der Waals surface area contributed by atoms with Gasteiger partial charge in [0.15, 0.2) is 0 Å². The van der Waals surface area contributed by atoms with E-state index in [4.69, 9.17) is 21.1 Å². The van der Waals surface area contributed by atoms with E-state index in [1.807, 2.05) is 24.3 Å². The molecule has 3 rings (SSSR count). The van der Waals surface area contributed by atoms with Crippen molar-refractivity contribution in [2.45, 2.75) is 0 Å². The van der Waals surface area contributed by atoms with Gasteiger partial charge in [-0.25, -0.2) is 4.79 Å². The van der Waals surface area contributed by atoms with Crippen molar-refractivity contribution in [2.75, 3.05) is 6.61 Å². The van der Waals surface area contributed by atoms with Gasteiger partial charge in [0.05, 0.1) is 14.5 Å². The molecule has 6 heteroatoms. The lowest BCUT2D eigenvalue weighted by atomic mass is 10.1. The quantitative estimate of drug-likeness (QED) is 0.273. The van der Waals surface area contributed by atoms with Gasteiger partial charge in [-0.15, -0.1) is 0 Å². The molecule has 132 valence electrons. The highest BCUT2D eigenvalue weighted by atomic mass is 79.9. The van der Waals surface area contributed by atoms with Crippen molar-refractivity contribution in [3.8, 4) is 5.75 Å². The number of cyclic esters (lactones) is 1. The van der Waals surface area contributed by atoms with Gasteiger partial charge < -0.3 is 9.47 Å². The smallest absolute Gasteiger partial charge is 0.343 e. The van der Waals surface area contributed by atoms with Gasteiger partial charge in [-0.05, 0) is 86.0 Å². The van der Waals surface area contributed by atoms with E-state index in [1.54, 1.807) is 30.4 Å². The first-order valence-corrected chi connectivity index (χ1v) is 9.58. The molecule has 0 spiro atoms. The molecule has 0 saturated heterocycles. The van der Waals surface area contributed by atoms with Crippen LogP contribution in [-0.2, 0) is 9.53 Å². The molecule has 2 aromatic carbocycles. The Hall–Kier alpha value is -1.82. The summed E-state index contributed by atoms with van der Waals surface area (Å²) in [6.07, 6.45) is 5.15. The number of benzene rings is 2. The van der Waals surface area contributed by atoms with Crippen LogP contribution in [0.3, 0.4) is 0 Å². The van der Waals surface area contributed by atoms with Crippen molar-refractivity contribution in [3.63, 3.8) is 0 Å². The largest absolute Gasteiger partial charge is 0.487 e. The second-order valence-electron chi connectivity index (χ2n) is 5.42. The summed E-state index contributed by atoms with van der Waals surface area (Å²) in [6.45, 7) is 4.04. The van der Waals surface area contributed by atoms with Gasteiger partial charge in [-0.1, -0.05) is 24.3 Å². The Labute approximate surface area is 173 Å². The zero-order valence-electron chi connectivity index (χ0n) is 13.5. The van der Waals surface area contributed by atoms with E-state index >= 15 is 0 Å². The summed E-state index contributed by atoms with van der Waals surface area (Å²) in [4.78, 5) is 12.2. The van der Waals surface area contributed by atoms with Crippen LogP contribution in [0.15, 0.2) is 69.6 Å². The van der Waals surface area contributed by atoms with E-state index < -0.39 is 5.97 Å². The van der Waals surface area contributed by atoms with Gasteiger partial charge in [0.2, 0.25) is 0 Å². The van der Waals surface area contributed by atoms with Gasteiger partial charge in [0.1, 0.15) is 18.1 Å². The van der Waals surface area contributed by atoms with Crippen molar-refractivity contribution in [1.29, 1.82) is 0 Å². The first kappa shape index (κ1) is 19.0. The van der Waals surface area contributed by atoms with Gasteiger partial charge in [-0.2, -0.15) is 0 Å². The maximum absolute atomic E-state index is 12.2. The Kier molecular flexibility index (Phi) is 6.01. The van der Waals surface area contributed by atoms with Gasteiger partial charge in [0.25, 0.3) is 0 Å². The molecule has 1 aliphatic heterocycles. The van der Waals surface area contributed by atoms with Crippen LogP contribution in [0.2, 0.25) is 5.02 Å². The summed E-state index contributed by atoms with van der Waals surface area (Å²) in [5.41, 5.74) is 2.09. The van der Waals surface area contributed by atoms with E-state index in [0.29, 0.717) is 28.7 Å². The lowest BCUT2D eigenvalue weighted by molar-refractivity contribution is -0.130. The average molecular weight is 497 g/mol. The molecule has 26 heavy (non-hydrogen) atoms. The van der Waals surface area contributed by atoms with Crippen LogP contribution in [0.25, 0.3) is 11.8 Å². The monoisotopic (exact) mass is 494 g/mol. The van der Waals surface area contributed by atoms with E-state index in [0.717, 1.165) is 20.1 Å². The summed E-state index contributed by atoms with van der Waals surface area (Å²) in [5, 5.41) is 0.628. The molecule has 0 N–H and O–H groups in total. The fraction of sp³-hybridized carbons (Fsp3) is 0.0500. The predicted octanol–water partition coefficient (Wildman–Crippen LogP) is 6.41. The standard InChI is InChI=1S/C20H13Br2ClO3/c1-2-7-25-19-16(21)9-12(10-17(19)22)8-14-11-18(26-20(14)24)13-3-5-15(23)6-4-13/h2-6,8-11H,1,7H2/b14-8+. The van der Waals surface area contributed by atoms with Crippen LogP contribution in [0.5, 0.6) is 5.75 Å². The predicted molar refractivity (Wildman–Crippen MR) is 111 cm³/mol. The summed E-state index contributed by atoms with van der Waals surface area (Å²) in [7, 11) is 0. The van der Waals surface area contributed by atoms with E-state index in [1.165, 1.54) is 0 Å². The fourth-order valence-electron chi connectivity index (χ4n) is 2.37. The number of esters is 1. The molecular formula is C20H13Br2ClO3. The van der Waals surface area contributed by atoms with Crippen molar-refractivity contribution in [1.82, 2.24) is 0 Å². The molecule has 2 aromatic rings. The molecule has 0 radical (unpaired) electrons. The minimum absolute atomic E-state index is 0.394. The SMILES string of the molecule is C=CCOc1c(Br)cc(/C=C2\C=C(c3ccc(Cl)cc3)OC2=O)cc1Br. The molecule has 1 aliphatic rings. The third-order valence-electron chi connectivity index (χ3n) is 3.54. The van der Waals surface area contributed by atoms with Crippen LogP contribution in [0.4, 0.5) is 0 Å². The van der Waals surface area contributed by atoms with Crippen molar-refractivity contribution >= 4 is 61.3 Å². The number of hydrogen-bond acceptors (Lipinski definition) is 3. The fourth-order valence-corrected chi connectivity index (χ4v) is 3.94. The number of ether oxygens (including phenoxy) is 2. The van der Waals surface area contributed by atoms with Gasteiger partial charge >= 0.3 is 5.97 Å². The number of carbonyl (C=O) groups is 1. The van der Waals surface area contributed by atoms with Gasteiger partial charge in [-0.3, -0.25) is 0 Å². The maximum atomic E-state index is 12.2. The maximum Gasteiger partial charge on any atom is 0.343 e. The first-order valence-electron chi connectivity index (χ1n) is 7.62. The molecule has 0 fully saturated rings. The summed E-state index contributed by atoms with van der Waals surface area (Å²) in [6, 6.07) is 10.9. The number of carbonyl (C=O) groups excluding carboxylic acids is 1. The second kappa shape index (κ2) is 8.25. The topological polar surface area (TPSA) is 35.5 Å². The normalized spacial score (nSPS) is 15.0. The molecule has 3 nitrogen and oxygen atoms in total. The van der Waals surface area contributed by atoms with Crippen LogP contribution < -0.4 is 4.74 Å².